The lowest BCUT2D eigenvalue weighted by Gasteiger charge is -2.13. The largest absolute Gasteiger partial charge is 0.493 e. The van der Waals surface area contributed by atoms with E-state index in [1.54, 1.807) is 18.2 Å². The van der Waals surface area contributed by atoms with Crippen LogP contribution in [0.2, 0.25) is 0 Å². The summed E-state index contributed by atoms with van der Waals surface area (Å²) in [6.07, 6.45) is 1.68. The highest BCUT2D eigenvalue weighted by Crippen LogP contribution is 2.39. The third-order valence-electron chi connectivity index (χ3n) is 3.41. The van der Waals surface area contributed by atoms with E-state index < -0.39 is 5.97 Å². The molecule has 0 saturated carbocycles. The molecule has 1 aliphatic rings. The molecule has 0 atom stereocenters. The van der Waals surface area contributed by atoms with E-state index in [0.717, 1.165) is 8.66 Å². The van der Waals surface area contributed by atoms with Crippen LogP contribution < -0.4 is 14.2 Å². The fourth-order valence-electron chi connectivity index (χ4n) is 2.28. The highest BCUT2D eigenvalue weighted by molar-refractivity contribution is 9.11. The Bertz CT molecular complexity index is 862. The number of carbonyl (C=O) groups is 1. The van der Waals surface area contributed by atoms with E-state index in [4.69, 9.17) is 18.9 Å². The highest BCUT2D eigenvalue weighted by Gasteiger charge is 2.26. The molecule has 130 valence electrons. The molecule has 1 aromatic heterocycles. The molecule has 0 radical (unpaired) electrons. The lowest BCUT2D eigenvalue weighted by atomic mass is 10.2. The van der Waals surface area contributed by atoms with E-state index in [-0.39, 0.29) is 11.6 Å². The van der Waals surface area contributed by atoms with Gasteiger partial charge in [-0.15, -0.1) is 11.3 Å². The third-order valence-corrected chi connectivity index (χ3v) is 4.98. The molecule has 25 heavy (non-hydrogen) atoms. The minimum atomic E-state index is -0.506. The molecule has 2 aromatic rings. The summed E-state index contributed by atoms with van der Waals surface area (Å²) in [5, 5.41) is 0. The molecule has 2 heterocycles. The number of carbonyl (C=O) groups excluding carboxylic acids is 1. The average molecular weight is 424 g/mol. The van der Waals surface area contributed by atoms with Crippen LogP contribution in [0.4, 0.5) is 0 Å². The van der Waals surface area contributed by atoms with Crippen LogP contribution in [-0.4, -0.2) is 33.2 Å². The van der Waals surface area contributed by atoms with Crippen molar-refractivity contribution in [3.8, 4) is 17.2 Å². The van der Waals surface area contributed by atoms with Gasteiger partial charge in [0.15, 0.2) is 17.2 Å². The highest BCUT2D eigenvalue weighted by atomic mass is 79.9. The molecule has 0 saturated heterocycles. The number of esters is 1. The van der Waals surface area contributed by atoms with Crippen LogP contribution in [0, 0.1) is 0 Å². The summed E-state index contributed by atoms with van der Waals surface area (Å²) in [6.45, 7) is 0. The van der Waals surface area contributed by atoms with Crippen molar-refractivity contribution < 1.29 is 23.7 Å². The van der Waals surface area contributed by atoms with Gasteiger partial charge in [0.05, 0.1) is 25.1 Å². The Hall–Kier alpha value is -2.32. The van der Waals surface area contributed by atoms with E-state index in [1.807, 2.05) is 12.1 Å². The molecular formula is C17H14BrNO5S. The molecule has 0 bridgehead atoms. The smallest absolute Gasteiger partial charge is 0.363 e. The predicted octanol–water partition coefficient (Wildman–Crippen LogP) is 3.88. The van der Waals surface area contributed by atoms with Gasteiger partial charge in [-0.2, -0.15) is 0 Å². The van der Waals surface area contributed by atoms with Crippen LogP contribution in [0.25, 0.3) is 6.08 Å². The molecule has 1 aromatic carbocycles. The zero-order valence-corrected chi connectivity index (χ0v) is 16.1. The average Bonchev–Trinajstić information content (AvgIpc) is 3.19. The van der Waals surface area contributed by atoms with Gasteiger partial charge in [-0.25, -0.2) is 9.79 Å². The summed E-state index contributed by atoms with van der Waals surface area (Å²) in [5.74, 6) is 1.04. The van der Waals surface area contributed by atoms with Crippen LogP contribution in [0.3, 0.4) is 0 Å². The first-order valence-corrected chi connectivity index (χ1v) is 8.75. The van der Waals surface area contributed by atoms with Crippen molar-refractivity contribution in [2.75, 3.05) is 21.3 Å². The molecule has 0 fully saturated rings. The van der Waals surface area contributed by atoms with E-state index in [9.17, 15) is 4.79 Å². The number of cyclic esters (lactones) is 1. The van der Waals surface area contributed by atoms with Crippen LogP contribution >= 0.6 is 27.3 Å². The van der Waals surface area contributed by atoms with Gasteiger partial charge in [-0.3, -0.25) is 0 Å². The van der Waals surface area contributed by atoms with Crippen molar-refractivity contribution in [2.24, 2.45) is 4.99 Å². The number of thiophene rings is 1. The van der Waals surface area contributed by atoms with Gasteiger partial charge in [0.1, 0.15) is 0 Å². The summed E-state index contributed by atoms with van der Waals surface area (Å²) in [4.78, 5) is 17.3. The Balaban J connectivity index is 2.00. The summed E-state index contributed by atoms with van der Waals surface area (Å²) in [6, 6.07) is 7.15. The minimum absolute atomic E-state index is 0.186. The van der Waals surface area contributed by atoms with Gasteiger partial charge >= 0.3 is 5.97 Å². The lowest BCUT2D eigenvalue weighted by Crippen LogP contribution is -2.06. The van der Waals surface area contributed by atoms with Crippen LogP contribution in [-0.2, 0) is 9.53 Å². The predicted molar refractivity (Wildman–Crippen MR) is 98.7 cm³/mol. The Kier molecular flexibility index (Phi) is 5.10. The number of ether oxygens (including phenoxy) is 4. The normalized spacial score (nSPS) is 15.1. The Morgan fingerprint density at radius 3 is 2.32 bits per heavy atom. The van der Waals surface area contributed by atoms with Crippen LogP contribution in [0.15, 0.2) is 38.7 Å². The SMILES string of the molecule is COc1cc(C2=N/C(=C\c3ccc(Br)s3)C(=O)O2)cc(OC)c1OC. The van der Waals surface area contributed by atoms with Crippen LogP contribution in [0.1, 0.15) is 10.4 Å². The van der Waals surface area contributed by atoms with Gasteiger partial charge in [-0.05, 0) is 46.3 Å². The first-order valence-electron chi connectivity index (χ1n) is 7.14. The molecule has 0 aliphatic carbocycles. The van der Waals surface area contributed by atoms with Gasteiger partial charge in [-0.1, -0.05) is 0 Å². The number of hydrogen-bond donors (Lipinski definition) is 0. The molecule has 0 unspecified atom stereocenters. The number of hydrogen-bond acceptors (Lipinski definition) is 7. The second-order valence-electron chi connectivity index (χ2n) is 4.89. The summed E-state index contributed by atoms with van der Waals surface area (Å²) < 4.78 is 22.2. The molecule has 0 amide bonds. The Labute approximate surface area is 156 Å². The Morgan fingerprint density at radius 2 is 1.80 bits per heavy atom. The quantitative estimate of drug-likeness (QED) is 0.539. The van der Waals surface area contributed by atoms with Crippen molar-refractivity contribution in [3.63, 3.8) is 0 Å². The molecule has 1 aliphatic heterocycles. The van der Waals surface area contributed by atoms with E-state index >= 15 is 0 Å². The summed E-state index contributed by atoms with van der Waals surface area (Å²) in [7, 11) is 4.56. The van der Waals surface area contributed by atoms with Crippen molar-refractivity contribution >= 4 is 45.2 Å². The number of benzene rings is 1. The first-order chi connectivity index (χ1) is 12.0. The van der Waals surface area contributed by atoms with Gasteiger partial charge in [0.25, 0.3) is 0 Å². The minimum Gasteiger partial charge on any atom is -0.493 e. The number of aliphatic imine (C=N–C) groups is 1. The summed E-state index contributed by atoms with van der Waals surface area (Å²) >= 11 is 4.89. The number of methoxy groups -OCH3 is 3. The number of nitrogens with zero attached hydrogens (tertiary/aromatic N) is 1. The maximum absolute atomic E-state index is 12.1. The topological polar surface area (TPSA) is 66.4 Å². The monoisotopic (exact) mass is 423 g/mol. The van der Waals surface area contributed by atoms with Crippen molar-refractivity contribution in [3.05, 3.63) is 44.2 Å². The maximum Gasteiger partial charge on any atom is 0.363 e. The van der Waals surface area contributed by atoms with E-state index in [1.165, 1.54) is 32.7 Å². The third kappa shape index (κ3) is 3.54. The van der Waals surface area contributed by atoms with Crippen molar-refractivity contribution in [2.45, 2.75) is 0 Å². The first kappa shape index (κ1) is 17.5. The molecule has 0 spiro atoms. The number of halogens is 1. The van der Waals surface area contributed by atoms with Gasteiger partial charge in [0.2, 0.25) is 11.6 Å². The van der Waals surface area contributed by atoms with E-state index in [0.29, 0.717) is 22.8 Å². The standard InChI is InChI=1S/C17H14BrNO5S/c1-21-12-6-9(7-13(22-2)15(12)23-3)16-19-11(17(20)24-16)8-10-4-5-14(18)25-10/h4-8H,1-3H3/b11-8-. The molecule has 8 heteroatoms. The van der Waals surface area contributed by atoms with Gasteiger partial charge in [0, 0.05) is 10.4 Å². The number of rotatable bonds is 5. The maximum atomic E-state index is 12.1. The lowest BCUT2D eigenvalue weighted by molar-refractivity contribution is -0.129. The fraction of sp³-hybridized carbons (Fsp3) is 0.176. The van der Waals surface area contributed by atoms with Crippen molar-refractivity contribution in [1.29, 1.82) is 0 Å². The molecule has 3 rings (SSSR count). The Morgan fingerprint density at radius 1 is 1.12 bits per heavy atom. The zero-order valence-electron chi connectivity index (χ0n) is 13.7. The molecule has 0 N–H and O–H groups in total. The van der Waals surface area contributed by atoms with Crippen molar-refractivity contribution in [1.82, 2.24) is 0 Å². The van der Waals surface area contributed by atoms with E-state index in [2.05, 4.69) is 20.9 Å². The second-order valence-corrected chi connectivity index (χ2v) is 7.39. The second kappa shape index (κ2) is 7.28. The molecule has 6 nitrogen and oxygen atoms in total. The van der Waals surface area contributed by atoms with Crippen LogP contribution in [0.5, 0.6) is 17.2 Å². The van der Waals surface area contributed by atoms with Gasteiger partial charge < -0.3 is 18.9 Å². The summed E-state index contributed by atoms with van der Waals surface area (Å²) in [5.41, 5.74) is 0.789. The fourth-order valence-corrected chi connectivity index (χ4v) is 3.64. The molecular weight excluding hydrogens is 410 g/mol. The zero-order chi connectivity index (χ0) is 18.0.